The van der Waals surface area contributed by atoms with E-state index in [1.54, 1.807) is 6.08 Å². The summed E-state index contributed by atoms with van der Waals surface area (Å²) >= 11 is 0. The molecule has 5 aliphatic rings. The largest absolute Gasteiger partial charge is 0.396 e. The van der Waals surface area contributed by atoms with Gasteiger partial charge in [-0.25, -0.2) is 0 Å². The third-order valence-corrected chi connectivity index (χ3v) is 12.8. The summed E-state index contributed by atoms with van der Waals surface area (Å²) in [5.74, 6) is 4.29. The highest BCUT2D eigenvalue weighted by molar-refractivity contribution is 5.18. The van der Waals surface area contributed by atoms with E-state index in [1.807, 2.05) is 20.8 Å². The predicted molar refractivity (Wildman–Crippen MR) is 165 cm³/mol. The van der Waals surface area contributed by atoms with Crippen LogP contribution in [-0.4, -0.2) is 11.7 Å². The first-order valence-electron chi connectivity index (χ1n) is 16.5. The highest BCUT2D eigenvalue weighted by Crippen LogP contribution is 2.76. The molecule has 9 atom stereocenters. The minimum Gasteiger partial charge on any atom is -0.396 e. The Morgan fingerprint density at radius 1 is 0.811 bits per heavy atom. The van der Waals surface area contributed by atoms with E-state index in [4.69, 9.17) is 0 Å². The summed E-state index contributed by atoms with van der Waals surface area (Å²) in [6.07, 6.45) is 18.5. The SMILES string of the molecule is C=CC.CC.CC1CC2C3CCC4C5(C)CCCC(C)(C)C5CCC4(C)[C@]3(C)CCC2(CO)C1.CCC. The van der Waals surface area contributed by atoms with Crippen LogP contribution < -0.4 is 0 Å². The van der Waals surface area contributed by atoms with Crippen LogP contribution in [0.1, 0.15) is 153 Å². The molecule has 1 nitrogen and oxygen atoms in total. The highest BCUT2D eigenvalue weighted by atomic mass is 16.3. The van der Waals surface area contributed by atoms with E-state index in [0.717, 1.165) is 29.6 Å². The van der Waals surface area contributed by atoms with Gasteiger partial charge in [-0.2, -0.15) is 0 Å². The van der Waals surface area contributed by atoms with Crippen molar-refractivity contribution >= 4 is 0 Å². The van der Waals surface area contributed by atoms with Gasteiger partial charge in [0.25, 0.3) is 0 Å². The lowest BCUT2D eigenvalue weighted by molar-refractivity contribution is -0.236. The number of allylic oxidation sites excluding steroid dienone is 1. The second kappa shape index (κ2) is 12.5. The maximum absolute atomic E-state index is 10.5. The fourth-order valence-corrected chi connectivity index (χ4v) is 11.4. The first-order chi connectivity index (χ1) is 17.4. The Kier molecular flexibility index (Phi) is 11.1. The molecule has 0 amide bonds. The maximum atomic E-state index is 10.5. The third-order valence-electron chi connectivity index (χ3n) is 12.8. The van der Waals surface area contributed by atoms with Crippen molar-refractivity contribution in [3.63, 3.8) is 0 Å². The van der Waals surface area contributed by atoms with Gasteiger partial charge in [-0.05, 0) is 128 Å². The van der Waals surface area contributed by atoms with Gasteiger partial charge in [0.2, 0.25) is 0 Å². The van der Waals surface area contributed by atoms with Crippen LogP contribution in [0.2, 0.25) is 0 Å². The first-order valence-corrected chi connectivity index (χ1v) is 16.5. The molecule has 5 fully saturated rings. The molecular weight excluding hydrogens is 448 g/mol. The van der Waals surface area contributed by atoms with Gasteiger partial charge in [-0.3, -0.25) is 0 Å². The molecule has 0 aromatic heterocycles. The van der Waals surface area contributed by atoms with Gasteiger partial charge in [0.05, 0.1) is 0 Å². The molecule has 5 rings (SSSR count). The summed E-state index contributed by atoms with van der Waals surface area (Å²) in [5, 5.41) is 10.5. The van der Waals surface area contributed by atoms with Crippen molar-refractivity contribution in [1.29, 1.82) is 0 Å². The number of rotatable bonds is 1. The number of fused-ring (bicyclic) bond motifs is 7. The predicted octanol–water partition coefficient (Wildman–Crippen LogP) is 11.1. The smallest absolute Gasteiger partial charge is 0.0490 e. The molecule has 1 N–H and O–H groups in total. The number of aliphatic hydroxyl groups excluding tert-OH is 1. The van der Waals surface area contributed by atoms with E-state index in [0.29, 0.717) is 28.3 Å². The zero-order valence-corrected chi connectivity index (χ0v) is 27.3. The summed E-state index contributed by atoms with van der Waals surface area (Å²) in [6.45, 7) is 29.8. The van der Waals surface area contributed by atoms with Gasteiger partial charge in [-0.15, -0.1) is 6.58 Å². The molecule has 218 valence electrons. The zero-order chi connectivity index (χ0) is 28.3. The van der Waals surface area contributed by atoms with Crippen molar-refractivity contribution in [1.82, 2.24) is 0 Å². The van der Waals surface area contributed by atoms with E-state index in [1.165, 1.54) is 77.0 Å². The number of hydrogen-bond acceptors (Lipinski definition) is 1. The quantitative estimate of drug-likeness (QED) is 0.343. The summed E-state index contributed by atoms with van der Waals surface area (Å²) in [4.78, 5) is 0. The van der Waals surface area contributed by atoms with Crippen molar-refractivity contribution in [2.24, 2.45) is 56.7 Å². The Morgan fingerprint density at radius 2 is 1.41 bits per heavy atom. The lowest BCUT2D eigenvalue weighted by atomic mass is 9.32. The van der Waals surface area contributed by atoms with Crippen LogP contribution in [0.25, 0.3) is 0 Å². The average Bonchev–Trinajstić information content (AvgIpc) is 3.18. The highest BCUT2D eigenvalue weighted by Gasteiger charge is 2.69. The second-order valence-corrected chi connectivity index (χ2v) is 15.3. The molecule has 0 spiro atoms. The molecule has 37 heavy (non-hydrogen) atoms. The summed E-state index contributed by atoms with van der Waals surface area (Å²) in [6, 6.07) is 0. The standard InChI is InChI=1S/C28H48O.C3H8.C3H6.C2H6/c1-19-16-21-20-8-9-23-25(4)12-7-11-24(2,3)22(25)10-13-27(23,6)26(20,5)14-15-28(21,17-19)18-29;2*1-3-2;1-2/h19-23,29H,7-18H2,1-6H3;3H2,1-2H3;3H,1H2,2H3;1-2H3/t19?,20?,21?,22?,23?,25?,26-,27?,28?;;;/m1.../s1. The normalized spacial score (nSPS) is 47.0. The van der Waals surface area contributed by atoms with Crippen LogP contribution >= 0.6 is 0 Å². The van der Waals surface area contributed by atoms with E-state index < -0.39 is 0 Å². The topological polar surface area (TPSA) is 20.2 Å². The van der Waals surface area contributed by atoms with Crippen molar-refractivity contribution in [3.05, 3.63) is 12.7 Å². The molecule has 5 saturated carbocycles. The van der Waals surface area contributed by atoms with E-state index >= 15 is 0 Å². The number of aliphatic hydroxyl groups is 1. The van der Waals surface area contributed by atoms with E-state index in [9.17, 15) is 5.11 Å². The number of hydrogen-bond donors (Lipinski definition) is 1. The Labute approximate surface area is 234 Å². The average molecular weight is 517 g/mol. The van der Waals surface area contributed by atoms with Gasteiger partial charge in [0, 0.05) is 6.61 Å². The molecule has 0 aliphatic heterocycles. The van der Waals surface area contributed by atoms with Crippen molar-refractivity contribution in [2.75, 3.05) is 6.61 Å². The van der Waals surface area contributed by atoms with Crippen LogP contribution in [-0.2, 0) is 0 Å². The second-order valence-electron chi connectivity index (χ2n) is 15.3. The maximum Gasteiger partial charge on any atom is 0.0490 e. The van der Waals surface area contributed by atoms with E-state index in [2.05, 4.69) is 62.0 Å². The summed E-state index contributed by atoms with van der Waals surface area (Å²) in [5.41, 5.74) is 2.34. The molecule has 0 aromatic rings. The van der Waals surface area contributed by atoms with Gasteiger partial charge in [-0.1, -0.05) is 88.2 Å². The van der Waals surface area contributed by atoms with Gasteiger partial charge < -0.3 is 5.11 Å². The molecule has 8 unspecified atom stereocenters. The molecule has 0 saturated heterocycles. The molecular formula is C36H68O. The summed E-state index contributed by atoms with van der Waals surface area (Å²) in [7, 11) is 0. The van der Waals surface area contributed by atoms with Crippen molar-refractivity contribution < 1.29 is 5.11 Å². The van der Waals surface area contributed by atoms with Crippen molar-refractivity contribution in [2.45, 2.75) is 153 Å². The zero-order valence-electron chi connectivity index (χ0n) is 27.3. The minimum atomic E-state index is 0.265. The van der Waals surface area contributed by atoms with Crippen LogP contribution in [0.3, 0.4) is 0 Å². The molecule has 0 bridgehead atoms. The summed E-state index contributed by atoms with van der Waals surface area (Å²) < 4.78 is 0. The molecule has 0 aromatic carbocycles. The lowest BCUT2D eigenvalue weighted by Crippen LogP contribution is -2.65. The lowest BCUT2D eigenvalue weighted by Gasteiger charge is -2.72. The van der Waals surface area contributed by atoms with Gasteiger partial charge in [0.15, 0.2) is 0 Å². The molecule has 0 radical (unpaired) electrons. The molecule has 1 heteroatoms. The van der Waals surface area contributed by atoms with E-state index in [-0.39, 0.29) is 5.41 Å². The van der Waals surface area contributed by atoms with Crippen LogP contribution in [0.4, 0.5) is 0 Å². The Hall–Kier alpha value is -0.300. The van der Waals surface area contributed by atoms with Gasteiger partial charge >= 0.3 is 0 Å². The third kappa shape index (κ3) is 5.39. The molecule has 0 heterocycles. The minimum absolute atomic E-state index is 0.265. The Balaban J connectivity index is 0.000000541. The fourth-order valence-electron chi connectivity index (χ4n) is 11.4. The first kappa shape index (κ1) is 32.9. The molecule has 5 aliphatic carbocycles. The van der Waals surface area contributed by atoms with Crippen LogP contribution in [0.5, 0.6) is 0 Å². The Bertz CT molecular complexity index is 724. The van der Waals surface area contributed by atoms with Gasteiger partial charge in [0.1, 0.15) is 0 Å². The van der Waals surface area contributed by atoms with Crippen LogP contribution in [0, 0.1) is 56.7 Å². The van der Waals surface area contributed by atoms with Crippen molar-refractivity contribution in [3.8, 4) is 0 Å². The Morgan fingerprint density at radius 3 is 1.97 bits per heavy atom. The van der Waals surface area contributed by atoms with Crippen LogP contribution in [0.15, 0.2) is 12.7 Å². The monoisotopic (exact) mass is 517 g/mol. The fraction of sp³-hybridized carbons (Fsp3) is 0.944.